The van der Waals surface area contributed by atoms with Gasteiger partial charge in [0.05, 0.1) is 18.8 Å². The van der Waals surface area contributed by atoms with Gasteiger partial charge in [0.2, 0.25) is 5.91 Å². The van der Waals surface area contributed by atoms with E-state index in [1.165, 1.54) is 11.8 Å². The topological polar surface area (TPSA) is 79.7 Å². The molecule has 1 fully saturated rings. The second-order valence-corrected chi connectivity index (χ2v) is 7.15. The molecule has 0 aliphatic carbocycles. The van der Waals surface area contributed by atoms with Crippen LogP contribution in [-0.4, -0.2) is 52.8 Å². The van der Waals surface area contributed by atoms with Crippen LogP contribution < -0.4 is 4.74 Å². The fourth-order valence-corrected chi connectivity index (χ4v) is 3.98. The van der Waals surface area contributed by atoms with E-state index in [4.69, 9.17) is 4.74 Å². The molecule has 2 atom stereocenters. The Labute approximate surface area is 156 Å². The number of carbonyl (C=O) groups is 2. The minimum absolute atomic E-state index is 0.0550. The first-order valence-corrected chi connectivity index (χ1v) is 9.24. The number of rotatable bonds is 6. The van der Waals surface area contributed by atoms with E-state index in [0.717, 1.165) is 16.2 Å². The maximum Gasteiger partial charge on any atom is 0.308 e. The van der Waals surface area contributed by atoms with Gasteiger partial charge in [-0.2, -0.15) is 0 Å². The number of hydrogen-bond acceptors (Lipinski definition) is 5. The zero-order chi connectivity index (χ0) is 18.5. The minimum Gasteiger partial charge on any atom is -0.497 e. The van der Waals surface area contributed by atoms with E-state index >= 15 is 0 Å². The number of nitrogens with zero attached hydrogens (tertiary/aromatic N) is 2. The molecule has 2 aromatic rings. The summed E-state index contributed by atoms with van der Waals surface area (Å²) in [6.45, 7) is 0.651. The van der Waals surface area contributed by atoms with E-state index in [2.05, 4.69) is 4.98 Å². The Morgan fingerprint density at radius 2 is 2.04 bits per heavy atom. The second kappa shape index (κ2) is 8.23. The second-order valence-electron chi connectivity index (χ2n) is 6.10. The minimum atomic E-state index is -0.873. The van der Waals surface area contributed by atoms with Gasteiger partial charge in [-0.05, 0) is 35.9 Å². The van der Waals surface area contributed by atoms with Gasteiger partial charge in [-0.15, -0.1) is 11.8 Å². The Balaban J connectivity index is 1.65. The number of benzene rings is 1. The molecular weight excluding hydrogens is 352 g/mol. The van der Waals surface area contributed by atoms with Crippen molar-refractivity contribution >= 4 is 23.6 Å². The van der Waals surface area contributed by atoms with Crippen LogP contribution in [0.1, 0.15) is 11.5 Å². The van der Waals surface area contributed by atoms with Gasteiger partial charge in [-0.25, -0.2) is 0 Å². The lowest BCUT2D eigenvalue weighted by atomic mass is 9.90. The third-order valence-corrected chi connectivity index (χ3v) is 5.51. The van der Waals surface area contributed by atoms with E-state index in [9.17, 15) is 14.7 Å². The number of aromatic nitrogens is 1. The largest absolute Gasteiger partial charge is 0.497 e. The van der Waals surface area contributed by atoms with Gasteiger partial charge >= 0.3 is 5.97 Å². The molecule has 0 unspecified atom stereocenters. The highest BCUT2D eigenvalue weighted by molar-refractivity contribution is 8.00. The van der Waals surface area contributed by atoms with Gasteiger partial charge in [0.15, 0.2) is 0 Å². The van der Waals surface area contributed by atoms with Crippen molar-refractivity contribution in [1.82, 2.24) is 9.88 Å². The van der Waals surface area contributed by atoms with Gasteiger partial charge in [0, 0.05) is 36.3 Å². The third kappa shape index (κ3) is 4.16. The summed E-state index contributed by atoms with van der Waals surface area (Å²) in [5.41, 5.74) is 0.906. The summed E-state index contributed by atoms with van der Waals surface area (Å²) in [4.78, 5) is 30.8. The molecule has 0 spiro atoms. The Kier molecular flexibility index (Phi) is 5.78. The summed E-state index contributed by atoms with van der Waals surface area (Å²) in [6, 6.07) is 11.2. The number of thioether (sulfide) groups is 1. The smallest absolute Gasteiger partial charge is 0.308 e. The van der Waals surface area contributed by atoms with Crippen molar-refractivity contribution in [3.05, 3.63) is 54.4 Å². The normalized spacial score (nSPS) is 19.3. The van der Waals surface area contributed by atoms with Gasteiger partial charge < -0.3 is 14.7 Å². The summed E-state index contributed by atoms with van der Waals surface area (Å²) in [7, 11) is 1.60. The Bertz CT molecular complexity index is 784. The maximum atomic E-state index is 12.6. The molecule has 1 saturated heterocycles. The lowest BCUT2D eigenvalue weighted by Crippen LogP contribution is -2.31. The molecule has 0 bridgehead atoms. The number of ether oxygens (including phenoxy) is 1. The highest BCUT2D eigenvalue weighted by Crippen LogP contribution is 2.33. The average molecular weight is 372 g/mol. The highest BCUT2D eigenvalue weighted by atomic mass is 32.2. The van der Waals surface area contributed by atoms with Crippen LogP contribution in [0.3, 0.4) is 0 Å². The molecule has 0 radical (unpaired) electrons. The van der Waals surface area contributed by atoms with E-state index in [-0.39, 0.29) is 24.1 Å². The fourth-order valence-electron chi connectivity index (χ4n) is 3.13. The summed E-state index contributed by atoms with van der Waals surface area (Å²) in [6.07, 6.45) is 3.30. The highest BCUT2D eigenvalue weighted by Gasteiger charge is 2.40. The van der Waals surface area contributed by atoms with Crippen molar-refractivity contribution in [3.8, 4) is 5.75 Å². The molecule has 136 valence electrons. The Morgan fingerprint density at radius 1 is 1.27 bits per heavy atom. The van der Waals surface area contributed by atoms with E-state index < -0.39 is 11.9 Å². The SMILES string of the molecule is COc1cccc(SCC(=O)N2C[C@@H](C(=O)O)[C@H](c3ccncc3)C2)c1. The molecule has 1 aliphatic heterocycles. The molecule has 6 nitrogen and oxygen atoms in total. The van der Waals surface area contributed by atoms with Crippen LogP contribution in [0.25, 0.3) is 0 Å². The zero-order valence-corrected chi connectivity index (χ0v) is 15.2. The molecule has 1 amide bonds. The number of amides is 1. The average Bonchev–Trinajstić information content (AvgIpc) is 3.13. The number of hydrogen-bond donors (Lipinski definition) is 1. The van der Waals surface area contributed by atoms with E-state index in [1.807, 2.05) is 36.4 Å². The summed E-state index contributed by atoms with van der Waals surface area (Å²) >= 11 is 1.42. The molecule has 3 rings (SSSR count). The number of carbonyl (C=O) groups excluding carboxylic acids is 1. The lowest BCUT2D eigenvalue weighted by molar-refractivity contribution is -0.141. The van der Waals surface area contributed by atoms with Gasteiger partial charge in [-0.3, -0.25) is 14.6 Å². The molecule has 1 aliphatic rings. The number of pyridine rings is 1. The standard InChI is InChI=1S/C19H20N2O4S/c1-25-14-3-2-4-15(9-14)26-12-18(22)21-10-16(17(11-21)19(23)24)13-5-7-20-8-6-13/h2-9,16-17H,10-12H2,1H3,(H,23,24)/t16-,17+/m0/s1. The maximum absolute atomic E-state index is 12.6. The molecule has 0 saturated carbocycles. The van der Waals surface area contributed by atoms with Crippen LogP contribution in [-0.2, 0) is 9.59 Å². The molecule has 7 heteroatoms. The van der Waals surface area contributed by atoms with Crippen molar-refractivity contribution in [3.63, 3.8) is 0 Å². The van der Waals surface area contributed by atoms with Crippen molar-refractivity contribution in [1.29, 1.82) is 0 Å². The molecule has 1 N–H and O–H groups in total. The molecule has 1 aromatic heterocycles. The first-order valence-electron chi connectivity index (χ1n) is 8.26. The quantitative estimate of drug-likeness (QED) is 0.785. The van der Waals surface area contributed by atoms with Crippen LogP contribution in [0, 0.1) is 5.92 Å². The monoisotopic (exact) mass is 372 g/mol. The van der Waals surface area contributed by atoms with Crippen LogP contribution in [0.15, 0.2) is 53.7 Å². The van der Waals surface area contributed by atoms with E-state index in [1.54, 1.807) is 24.4 Å². The van der Waals surface area contributed by atoms with Crippen LogP contribution in [0.4, 0.5) is 0 Å². The zero-order valence-electron chi connectivity index (χ0n) is 14.4. The van der Waals surface area contributed by atoms with Crippen molar-refractivity contribution in [2.24, 2.45) is 5.92 Å². The Morgan fingerprint density at radius 3 is 2.73 bits per heavy atom. The summed E-state index contributed by atoms with van der Waals surface area (Å²) < 4.78 is 5.19. The number of likely N-dealkylation sites (tertiary alicyclic amines) is 1. The summed E-state index contributed by atoms with van der Waals surface area (Å²) in [5, 5.41) is 9.54. The van der Waals surface area contributed by atoms with Crippen molar-refractivity contribution in [2.45, 2.75) is 10.8 Å². The van der Waals surface area contributed by atoms with Gasteiger partial charge in [-0.1, -0.05) is 6.07 Å². The lowest BCUT2D eigenvalue weighted by Gasteiger charge is -2.16. The fraction of sp³-hybridized carbons (Fsp3) is 0.316. The third-order valence-electron chi connectivity index (χ3n) is 4.53. The molecule has 2 heterocycles. The predicted molar refractivity (Wildman–Crippen MR) is 98.4 cm³/mol. The van der Waals surface area contributed by atoms with Crippen LogP contribution >= 0.6 is 11.8 Å². The van der Waals surface area contributed by atoms with Crippen LogP contribution in [0.5, 0.6) is 5.75 Å². The number of aliphatic carboxylic acids is 1. The number of carboxylic acid groups (broad SMARTS) is 1. The van der Waals surface area contributed by atoms with Crippen molar-refractivity contribution in [2.75, 3.05) is 26.0 Å². The molecule has 26 heavy (non-hydrogen) atoms. The van der Waals surface area contributed by atoms with E-state index in [0.29, 0.717) is 6.54 Å². The number of methoxy groups -OCH3 is 1. The predicted octanol–water partition coefficient (Wildman–Crippen LogP) is 2.51. The molecule has 1 aromatic carbocycles. The number of carboxylic acids is 1. The van der Waals surface area contributed by atoms with Crippen LogP contribution in [0.2, 0.25) is 0 Å². The first-order chi connectivity index (χ1) is 12.6. The summed E-state index contributed by atoms with van der Waals surface area (Å²) in [5.74, 6) is -0.720. The molecular formula is C19H20N2O4S. The van der Waals surface area contributed by atoms with Gasteiger partial charge in [0.1, 0.15) is 5.75 Å². The van der Waals surface area contributed by atoms with Crippen molar-refractivity contribution < 1.29 is 19.4 Å². The van der Waals surface area contributed by atoms with Gasteiger partial charge in [0.25, 0.3) is 0 Å². The first kappa shape index (κ1) is 18.3. The Hall–Kier alpha value is -2.54.